The summed E-state index contributed by atoms with van der Waals surface area (Å²) in [6.07, 6.45) is 5.22. The minimum Gasteiger partial charge on any atom is -0.367 e. The van der Waals surface area contributed by atoms with E-state index < -0.39 is 0 Å². The van der Waals surface area contributed by atoms with Gasteiger partial charge in [-0.25, -0.2) is 4.98 Å². The Hall–Kier alpha value is -2.59. The second kappa shape index (κ2) is 9.27. The molecule has 4 aromatic rings. The maximum absolute atomic E-state index is 6.45. The number of hydrogen-bond acceptors (Lipinski definition) is 2. The summed E-state index contributed by atoms with van der Waals surface area (Å²) in [5, 5.41) is 1.21. The summed E-state index contributed by atoms with van der Waals surface area (Å²) in [5.74, 6) is 0. The van der Waals surface area contributed by atoms with E-state index in [1.54, 1.807) is 18.6 Å². The van der Waals surface area contributed by atoms with Crippen LogP contribution < -0.4 is 0 Å². The largest absolute Gasteiger partial charge is 0.367 e. The van der Waals surface area contributed by atoms with Crippen LogP contribution in [0.1, 0.15) is 17.2 Å². The smallest absolute Gasteiger partial charge is 0.102 e. The number of rotatable bonds is 7. The molecule has 1 heterocycles. The van der Waals surface area contributed by atoms with Gasteiger partial charge < -0.3 is 9.30 Å². The van der Waals surface area contributed by atoms with E-state index in [1.807, 2.05) is 41.1 Å². The Morgan fingerprint density at radius 2 is 1.66 bits per heavy atom. The maximum Gasteiger partial charge on any atom is 0.102 e. The van der Waals surface area contributed by atoms with E-state index in [2.05, 4.69) is 41.4 Å². The number of nitrogens with zero attached hydrogens (tertiary/aromatic N) is 2. The number of aromatic nitrogens is 2. The van der Waals surface area contributed by atoms with E-state index in [9.17, 15) is 0 Å². The van der Waals surface area contributed by atoms with E-state index in [0.717, 1.165) is 11.1 Å². The molecule has 3 nitrogen and oxygen atoms in total. The lowest BCUT2D eigenvalue weighted by Crippen LogP contribution is -2.12. The molecule has 4 rings (SSSR count). The van der Waals surface area contributed by atoms with E-state index in [4.69, 9.17) is 27.9 Å². The van der Waals surface area contributed by atoms with Crippen molar-refractivity contribution in [2.24, 2.45) is 0 Å². The van der Waals surface area contributed by atoms with Crippen molar-refractivity contribution < 1.29 is 4.74 Å². The van der Waals surface area contributed by atoms with Crippen LogP contribution in [0.5, 0.6) is 0 Å². The Bertz CT molecular complexity index is 1050. The molecule has 0 fully saturated rings. The Morgan fingerprint density at radius 1 is 0.897 bits per heavy atom. The molecule has 146 valence electrons. The molecule has 1 unspecified atom stereocenters. The third kappa shape index (κ3) is 5.07. The normalized spacial score (nSPS) is 12.1. The van der Waals surface area contributed by atoms with Gasteiger partial charge in [0.25, 0.3) is 0 Å². The second-order valence-corrected chi connectivity index (χ2v) is 7.63. The molecule has 0 radical (unpaired) electrons. The van der Waals surface area contributed by atoms with Crippen molar-refractivity contribution in [3.63, 3.8) is 0 Å². The summed E-state index contributed by atoms with van der Waals surface area (Å²) in [7, 11) is 0. The van der Waals surface area contributed by atoms with Crippen molar-refractivity contribution in [3.05, 3.63) is 113 Å². The molecule has 29 heavy (non-hydrogen) atoms. The van der Waals surface area contributed by atoms with Gasteiger partial charge in [0.1, 0.15) is 6.10 Å². The summed E-state index contributed by atoms with van der Waals surface area (Å²) in [4.78, 5) is 4.12. The summed E-state index contributed by atoms with van der Waals surface area (Å²) < 4.78 is 8.26. The van der Waals surface area contributed by atoms with Gasteiger partial charge in [-0.15, -0.1) is 0 Å². The Labute approximate surface area is 180 Å². The number of hydrogen-bond donors (Lipinski definition) is 0. The molecule has 0 amide bonds. The van der Waals surface area contributed by atoms with Crippen molar-refractivity contribution in [1.82, 2.24) is 9.55 Å². The Kier molecular flexibility index (Phi) is 6.30. The first-order valence-electron chi connectivity index (χ1n) is 9.36. The predicted octanol–water partition coefficient (Wildman–Crippen LogP) is 6.82. The molecule has 1 aromatic heterocycles. The quantitative estimate of drug-likeness (QED) is 0.326. The van der Waals surface area contributed by atoms with Gasteiger partial charge in [-0.3, -0.25) is 0 Å². The predicted molar refractivity (Wildman–Crippen MR) is 118 cm³/mol. The molecule has 0 spiro atoms. The lowest BCUT2D eigenvalue weighted by molar-refractivity contribution is 0.0280. The number of halogens is 2. The Balaban J connectivity index is 1.50. The molecule has 0 bridgehead atoms. The zero-order valence-corrected chi connectivity index (χ0v) is 17.2. The summed E-state index contributed by atoms with van der Waals surface area (Å²) in [5.41, 5.74) is 4.40. The zero-order valence-electron chi connectivity index (χ0n) is 15.7. The van der Waals surface area contributed by atoms with Gasteiger partial charge in [0, 0.05) is 28.0 Å². The van der Waals surface area contributed by atoms with Gasteiger partial charge in [-0.05, 0) is 28.8 Å². The highest BCUT2D eigenvalue weighted by Crippen LogP contribution is 2.30. The van der Waals surface area contributed by atoms with Crippen LogP contribution >= 0.6 is 23.2 Å². The van der Waals surface area contributed by atoms with Gasteiger partial charge in [-0.2, -0.15) is 0 Å². The van der Waals surface area contributed by atoms with Crippen LogP contribution in [-0.4, -0.2) is 9.55 Å². The average molecular weight is 423 g/mol. The highest BCUT2D eigenvalue weighted by Gasteiger charge is 2.17. The third-order valence-electron chi connectivity index (χ3n) is 4.76. The van der Waals surface area contributed by atoms with Crippen LogP contribution in [0.4, 0.5) is 0 Å². The van der Waals surface area contributed by atoms with Gasteiger partial charge in [0.05, 0.1) is 19.5 Å². The lowest BCUT2D eigenvalue weighted by atomic mass is 10.0. The van der Waals surface area contributed by atoms with Crippen LogP contribution in [0, 0.1) is 0 Å². The van der Waals surface area contributed by atoms with E-state index in [-0.39, 0.29) is 6.10 Å². The molecule has 0 aliphatic carbocycles. The van der Waals surface area contributed by atoms with Crippen LogP contribution in [0.15, 0.2) is 91.5 Å². The average Bonchev–Trinajstić information content (AvgIpc) is 3.26. The topological polar surface area (TPSA) is 27.1 Å². The van der Waals surface area contributed by atoms with Crippen LogP contribution in [0.25, 0.3) is 11.1 Å². The highest BCUT2D eigenvalue weighted by atomic mass is 35.5. The van der Waals surface area contributed by atoms with Gasteiger partial charge in [0.15, 0.2) is 0 Å². The SMILES string of the molecule is Clc1ccc(C(Cn2ccnc2)OCc2ccc(-c3ccccc3)cc2)c(Cl)c1. The van der Waals surface area contributed by atoms with E-state index in [0.29, 0.717) is 23.2 Å². The fraction of sp³-hybridized carbons (Fsp3) is 0.125. The first-order chi connectivity index (χ1) is 14.2. The molecule has 0 aliphatic rings. The number of imidazole rings is 1. The van der Waals surface area contributed by atoms with Crippen molar-refractivity contribution in [1.29, 1.82) is 0 Å². The van der Waals surface area contributed by atoms with Crippen molar-refractivity contribution in [2.45, 2.75) is 19.3 Å². The van der Waals surface area contributed by atoms with Crippen molar-refractivity contribution in [2.75, 3.05) is 0 Å². The Morgan fingerprint density at radius 3 is 2.34 bits per heavy atom. The van der Waals surface area contributed by atoms with Crippen molar-refractivity contribution >= 4 is 23.2 Å². The van der Waals surface area contributed by atoms with Crippen molar-refractivity contribution in [3.8, 4) is 11.1 Å². The lowest BCUT2D eigenvalue weighted by Gasteiger charge is -2.20. The van der Waals surface area contributed by atoms with Gasteiger partial charge in [-0.1, -0.05) is 83.9 Å². The molecule has 5 heteroatoms. The summed E-state index contributed by atoms with van der Waals surface area (Å²) >= 11 is 12.5. The first kappa shape index (κ1) is 19.7. The summed E-state index contributed by atoms with van der Waals surface area (Å²) in [6, 6.07) is 24.3. The minimum absolute atomic E-state index is 0.220. The summed E-state index contributed by atoms with van der Waals surface area (Å²) in [6.45, 7) is 1.09. The van der Waals surface area contributed by atoms with Gasteiger partial charge in [0.2, 0.25) is 0 Å². The highest BCUT2D eigenvalue weighted by molar-refractivity contribution is 6.35. The van der Waals surface area contributed by atoms with Gasteiger partial charge >= 0.3 is 0 Å². The first-order valence-corrected chi connectivity index (χ1v) is 10.1. The van der Waals surface area contributed by atoms with E-state index in [1.165, 1.54) is 11.1 Å². The fourth-order valence-corrected chi connectivity index (χ4v) is 3.74. The maximum atomic E-state index is 6.45. The standard InChI is InChI=1S/C24H20Cl2N2O/c25-21-10-11-22(23(26)14-21)24(15-28-13-12-27-17-28)29-16-18-6-8-20(9-7-18)19-4-2-1-3-5-19/h1-14,17,24H,15-16H2. The molecule has 0 saturated carbocycles. The van der Waals surface area contributed by atoms with E-state index >= 15 is 0 Å². The van der Waals surface area contributed by atoms with Crippen LogP contribution in [0.2, 0.25) is 10.0 Å². The molecule has 1 atom stereocenters. The molecular formula is C24H20Cl2N2O. The molecule has 0 aliphatic heterocycles. The van der Waals surface area contributed by atoms with Crippen LogP contribution in [0.3, 0.4) is 0 Å². The molecule has 0 N–H and O–H groups in total. The molecule has 0 saturated heterocycles. The minimum atomic E-state index is -0.220. The second-order valence-electron chi connectivity index (χ2n) is 6.79. The molecular weight excluding hydrogens is 403 g/mol. The zero-order chi connectivity index (χ0) is 20.1. The third-order valence-corrected chi connectivity index (χ3v) is 5.32. The molecule has 3 aromatic carbocycles. The number of benzene rings is 3. The van der Waals surface area contributed by atoms with Crippen LogP contribution in [-0.2, 0) is 17.9 Å². The fourth-order valence-electron chi connectivity index (χ4n) is 3.21. The monoisotopic (exact) mass is 422 g/mol. The number of ether oxygens (including phenoxy) is 1.